The van der Waals surface area contributed by atoms with E-state index in [2.05, 4.69) is 5.32 Å². The van der Waals surface area contributed by atoms with Gasteiger partial charge in [0.1, 0.15) is 18.4 Å². The van der Waals surface area contributed by atoms with Gasteiger partial charge in [-0.3, -0.25) is 0 Å². The lowest BCUT2D eigenvalue weighted by molar-refractivity contribution is -0.139. The highest BCUT2D eigenvalue weighted by atomic mass is 35.5. The molecule has 0 saturated heterocycles. The van der Waals surface area contributed by atoms with E-state index in [9.17, 15) is 19.8 Å². The van der Waals surface area contributed by atoms with Crippen LogP contribution in [0.4, 0.5) is 4.79 Å². The van der Waals surface area contributed by atoms with Crippen LogP contribution in [0.5, 0.6) is 5.75 Å². The molecule has 1 aliphatic carbocycles. The van der Waals surface area contributed by atoms with Crippen molar-refractivity contribution in [2.24, 2.45) is 0 Å². The SMILES string of the molecule is Cc1cc(Cl)c(C)c(CC(NC(=O)OCC2c3ccccc3-c3ccccc32)C(=O)O)c1O. The number of phenolic OH excluding ortho intramolecular Hbond substituents is 1. The minimum Gasteiger partial charge on any atom is -0.507 e. The number of nitrogens with one attached hydrogen (secondary N) is 1. The Morgan fingerprint density at radius 1 is 1.06 bits per heavy atom. The molecule has 3 aromatic rings. The maximum absolute atomic E-state index is 12.5. The van der Waals surface area contributed by atoms with E-state index in [4.69, 9.17) is 16.3 Å². The number of hydrogen-bond acceptors (Lipinski definition) is 4. The van der Waals surface area contributed by atoms with Crippen molar-refractivity contribution in [3.05, 3.63) is 87.4 Å². The predicted molar refractivity (Wildman–Crippen MR) is 126 cm³/mol. The third-order valence-corrected chi connectivity index (χ3v) is 6.55. The van der Waals surface area contributed by atoms with Gasteiger partial charge < -0.3 is 20.3 Å². The third kappa shape index (κ3) is 4.39. The standard InChI is InChI=1S/C26H24ClNO5/c1-14-11-22(27)15(2)20(24(14)29)12-23(25(30)31)28-26(32)33-13-21-18-9-5-3-7-16(18)17-8-4-6-10-19(17)21/h3-11,21,23,29H,12-13H2,1-2H3,(H,28,32)(H,30,31). The molecule has 33 heavy (non-hydrogen) atoms. The van der Waals surface area contributed by atoms with Gasteiger partial charge in [0.15, 0.2) is 0 Å². The van der Waals surface area contributed by atoms with Crippen molar-refractivity contribution >= 4 is 23.7 Å². The number of aliphatic carboxylic acids is 1. The molecular formula is C26H24ClNO5. The van der Waals surface area contributed by atoms with E-state index >= 15 is 0 Å². The van der Waals surface area contributed by atoms with Gasteiger partial charge in [0.2, 0.25) is 0 Å². The van der Waals surface area contributed by atoms with Gasteiger partial charge in [0, 0.05) is 22.9 Å². The Hall–Kier alpha value is -3.51. The van der Waals surface area contributed by atoms with Gasteiger partial charge in [-0.15, -0.1) is 0 Å². The van der Waals surface area contributed by atoms with E-state index in [0.29, 0.717) is 21.7 Å². The van der Waals surface area contributed by atoms with Crippen molar-refractivity contribution in [2.75, 3.05) is 6.61 Å². The smallest absolute Gasteiger partial charge is 0.407 e. The van der Waals surface area contributed by atoms with E-state index in [-0.39, 0.29) is 24.7 Å². The van der Waals surface area contributed by atoms with Crippen LogP contribution in [0, 0.1) is 13.8 Å². The Labute approximate surface area is 196 Å². The highest BCUT2D eigenvalue weighted by Crippen LogP contribution is 2.44. The summed E-state index contributed by atoms with van der Waals surface area (Å²) in [7, 11) is 0. The van der Waals surface area contributed by atoms with Crippen LogP contribution in [0.3, 0.4) is 0 Å². The highest BCUT2D eigenvalue weighted by Gasteiger charge is 2.30. The molecule has 1 amide bonds. The molecule has 0 spiro atoms. The number of carbonyl (C=O) groups excluding carboxylic acids is 1. The molecular weight excluding hydrogens is 442 g/mol. The van der Waals surface area contributed by atoms with Gasteiger partial charge in [0.05, 0.1) is 0 Å². The monoisotopic (exact) mass is 465 g/mol. The Bertz CT molecular complexity index is 1170. The van der Waals surface area contributed by atoms with E-state index in [1.54, 1.807) is 19.9 Å². The Balaban J connectivity index is 1.48. The number of aryl methyl sites for hydroxylation is 1. The molecule has 7 heteroatoms. The van der Waals surface area contributed by atoms with Gasteiger partial charge in [-0.2, -0.15) is 0 Å². The fourth-order valence-electron chi connectivity index (χ4n) is 4.36. The van der Waals surface area contributed by atoms with Gasteiger partial charge in [-0.05, 0) is 53.3 Å². The number of rotatable bonds is 6. The number of fused-ring (bicyclic) bond motifs is 3. The number of aromatic hydroxyl groups is 1. The first-order valence-corrected chi connectivity index (χ1v) is 11.0. The van der Waals surface area contributed by atoms with Crippen molar-refractivity contribution in [2.45, 2.75) is 32.2 Å². The molecule has 0 aromatic heterocycles. The number of carbonyl (C=O) groups is 2. The molecule has 4 rings (SSSR count). The number of halogens is 1. The number of hydrogen-bond donors (Lipinski definition) is 3. The summed E-state index contributed by atoms with van der Waals surface area (Å²) in [6.45, 7) is 3.45. The van der Waals surface area contributed by atoms with E-state index < -0.39 is 18.1 Å². The van der Waals surface area contributed by atoms with Gasteiger partial charge in [-0.25, -0.2) is 9.59 Å². The summed E-state index contributed by atoms with van der Waals surface area (Å²) >= 11 is 6.19. The zero-order chi connectivity index (χ0) is 23.7. The molecule has 6 nitrogen and oxygen atoms in total. The predicted octanol–water partition coefficient (Wildman–Crippen LogP) is 5.20. The fraction of sp³-hybridized carbons (Fsp3) is 0.231. The summed E-state index contributed by atoms with van der Waals surface area (Å²) in [5.41, 5.74) is 5.82. The summed E-state index contributed by atoms with van der Waals surface area (Å²) in [5.74, 6) is -1.40. The summed E-state index contributed by atoms with van der Waals surface area (Å²) in [6, 6.07) is 16.2. The summed E-state index contributed by atoms with van der Waals surface area (Å²) in [6.07, 6.45) is -0.960. The molecule has 0 aliphatic heterocycles. The van der Waals surface area contributed by atoms with Crippen molar-refractivity contribution in [3.63, 3.8) is 0 Å². The van der Waals surface area contributed by atoms with Crippen LogP contribution in [0.25, 0.3) is 11.1 Å². The van der Waals surface area contributed by atoms with Crippen LogP contribution in [-0.2, 0) is 16.0 Å². The van der Waals surface area contributed by atoms with Gasteiger partial charge in [-0.1, -0.05) is 60.1 Å². The van der Waals surface area contributed by atoms with Crippen molar-refractivity contribution in [1.29, 1.82) is 0 Å². The third-order valence-electron chi connectivity index (χ3n) is 6.16. The number of carboxylic acids is 1. The number of benzene rings is 3. The Kier molecular flexibility index (Phi) is 6.29. The molecule has 0 radical (unpaired) electrons. The molecule has 0 fully saturated rings. The topological polar surface area (TPSA) is 95.9 Å². The number of phenols is 1. The quantitative estimate of drug-likeness (QED) is 0.465. The second-order valence-corrected chi connectivity index (χ2v) is 8.60. The van der Waals surface area contributed by atoms with Crippen molar-refractivity contribution < 1.29 is 24.5 Å². The van der Waals surface area contributed by atoms with Crippen LogP contribution < -0.4 is 5.32 Å². The normalized spacial score (nSPS) is 13.2. The van der Waals surface area contributed by atoms with E-state index in [0.717, 1.165) is 22.3 Å². The summed E-state index contributed by atoms with van der Waals surface area (Å²) < 4.78 is 5.46. The van der Waals surface area contributed by atoms with Crippen LogP contribution in [0.1, 0.15) is 33.7 Å². The first-order valence-electron chi connectivity index (χ1n) is 10.6. The molecule has 0 heterocycles. The maximum atomic E-state index is 12.5. The van der Waals surface area contributed by atoms with Crippen LogP contribution in [0.2, 0.25) is 5.02 Å². The molecule has 1 unspecified atom stereocenters. The lowest BCUT2D eigenvalue weighted by Crippen LogP contribution is -2.43. The average Bonchev–Trinajstić information content (AvgIpc) is 3.12. The molecule has 170 valence electrons. The van der Waals surface area contributed by atoms with Crippen molar-refractivity contribution in [3.8, 4) is 16.9 Å². The zero-order valence-corrected chi connectivity index (χ0v) is 19.0. The minimum atomic E-state index is -1.29. The number of alkyl carbamates (subject to hydrolysis) is 1. The molecule has 1 aliphatic rings. The number of carboxylic acid groups (broad SMARTS) is 1. The minimum absolute atomic E-state index is 0.0301. The van der Waals surface area contributed by atoms with Gasteiger partial charge >= 0.3 is 12.1 Å². The first kappa shape index (κ1) is 22.7. The van der Waals surface area contributed by atoms with Crippen LogP contribution in [0.15, 0.2) is 54.6 Å². The van der Waals surface area contributed by atoms with Crippen LogP contribution >= 0.6 is 11.6 Å². The maximum Gasteiger partial charge on any atom is 0.407 e. The fourth-order valence-corrected chi connectivity index (χ4v) is 4.64. The number of ether oxygens (including phenoxy) is 1. The molecule has 3 N–H and O–H groups in total. The molecule has 0 bridgehead atoms. The molecule has 0 saturated carbocycles. The van der Waals surface area contributed by atoms with Crippen molar-refractivity contribution in [1.82, 2.24) is 5.32 Å². The average molecular weight is 466 g/mol. The van der Waals surface area contributed by atoms with Crippen LogP contribution in [-0.4, -0.2) is 34.9 Å². The highest BCUT2D eigenvalue weighted by molar-refractivity contribution is 6.31. The second kappa shape index (κ2) is 9.16. The summed E-state index contributed by atoms with van der Waals surface area (Å²) in [4.78, 5) is 24.4. The molecule has 3 aromatic carbocycles. The lowest BCUT2D eigenvalue weighted by atomic mass is 9.97. The lowest BCUT2D eigenvalue weighted by Gasteiger charge is -2.19. The molecule has 1 atom stereocenters. The number of amides is 1. The zero-order valence-electron chi connectivity index (χ0n) is 18.3. The van der Waals surface area contributed by atoms with Gasteiger partial charge in [0.25, 0.3) is 0 Å². The second-order valence-electron chi connectivity index (χ2n) is 8.19. The Morgan fingerprint density at radius 2 is 1.64 bits per heavy atom. The largest absolute Gasteiger partial charge is 0.507 e. The first-order chi connectivity index (χ1) is 15.8. The Morgan fingerprint density at radius 3 is 2.21 bits per heavy atom. The van der Waals surface area contributed by atoms with E-state index in [1.807, 2.05) is 48.5 Å². The summed E-state index contributed by atoms with van der Waals surface area (Å²) in [5, 5.41) is 22.9. The van der Waals surface area contributed by atoms with E-state index in [1.165, 1.54) is 0 Å².